The molecule has 2 rings (SSSR count). The normalized spacial score (nSPS) is 16.4. The fourth-order valence-electron chi connectivity index (χ4n) is 2.40. The maximum absolute atomic E-state index is 6.01. The number of nitrogen functional groups attached to an aromatic ring is 1. The van der Waals surface area contributed by atoms with Crippen LogP contribution in [-0.4, -0.2) is 15.2 Å². The van der Waals surface area contributed by atoms with Crippen LogP contribution >= 0.6 is 34.4 Å². The lowest BCUT2D eigenvalue weighted by atomic mass is 10.1. The molecule has 1 aromatic rings. The van der Waals surface area contributed by atoms with E-state index in [-0.39, 0.29) is 0 Å². The van der Waals surface area contributed by atoms with E-state index in [2.05, 4.69) is 41.4 Å². The van der Waals surface area contributed by atoms with E-state index in [0.717, 1.165) is 32.5 Å². The molecule has 1 heterocycles. The number of anilines is 1. The number of nitrogens with zero attached hydrogens (tertiary/aromatic N) is 2. The maximum Gasteiger partial charge on any atom is 0.140 e. The van der Waals surface area contributed by atoms with Crippen LogP contribution in [0, 0.1) is 9.49 Å². The van der Waals surface area contributed by atoms with Gasteiger partial charge in [0, 0.05) is 5.25 Å². The SMILES string of the molecule is CC(C)Cc1nc(CSC2CCCC2)nc(N)c1I. The molecule has 0 bridgehead atoms. The zero-order chi connectivity index (χ0) is 13.8. The van der Waals surface area contributed by atoms with Crippen LogP contribution in [0.4, 0.5) is 5.82 Å². The molecule has 0 amide bonds. The van der Waals surface area contributed by atoms with Crippen LogP contribution in [-0.2, 0) is 12.2 Å². The van der Waals surface area contributed by atoms with Gasteiger partial charge >= 0.3 is 0 Å². The lowest BCUT2D eigenvalue weighted by molar-refractivity contribution is 0.629. The summed E-state index contributed by atoms with van der Waals surface area (Å²) in [5.74, 6) is 3.05. The largest absolute Gasteiger partial charge is 0.383 e. The first-order chi connectivity index (χ1) is 9.06. The molecule has 0 spiro atoms. The number of nitrogens with two attached hydrogens (primary N) is 1. The van der Waals surface area contributed by atoms with Crippen LogP contribution in [0.25, 0.3) is 0 Å². The van der Waals surface area contributed by atoms with Crippen LogP contribution in [0.15, 0.2) is 0 Å². The van der Waals surface area contributed by atoms with Crippen molar-refractivity contribution in [2.24, 2.45) is 5.92 Å². The summed E-state index contributed by atoms with van der Waals surface area (Å²) in [6.07, 6.45) is 6.44. The summed E-state index contributed by atoms with van der Waals surface area (Å²) >= 11 is 4.26. The van der Waals surface area contributed by atoms with E-state index >= 15 is 0 Å². The molecule has 0 atom stereocenters. The van der Waals surface area contributed by atoms with Crippen LogP contribution in [0.3, 0.4) is 0 Å². The van der Waals surface area contributed by atoms with Gasteiger partial charge in [-0.3, -0.25) is 0 Å². The van der Waals surface area contributed by atoms with E-state index in [0.29, 0.717) is 11.7 Å². The van der Waals surface area contributed by atoms with E-state index in [1.807, 2.05) is 11.8 Å². The van der Waals surface area contributed by atoms with Crippen LogP contribution in [0.1, 0.15) is 51.0 Å². The zero-order valence-electron chi connectivity index (χ0n) is 11.7. The van der Waals surface area contributed by atoms with Gasteiger partial charge in [0.15, 0.2) is 0 Å². The molecular weight excluding hydrogens is 369 g/mol. The molecule has 3 nitrogen and oxygen atoms in total. The van der Waals surface area contributed by atoms with Crippen molar-refractivity contribution in [2.75, 3.05) is 5.73 Å². The van der Waals surface area contributed by atoms with Gasteiger partial charge in [-0.2, -0.15) is 11.8 Å². The lowest BCUT2D eigenvalue weighted by Crippen LogP contribution is -2.09. The summed E-state index contributed by atoms with van der Waals surface area (Å²) in [5.41, 5.74) is 7.13. The van der Waals surface area contributed by atoms with Crippen molar-refractivity contribution in [3.05, 3.63) is 15.1 Å². The molecule has 1 aromatic heterocycles. The van der Waals surface area contributed by atoms with Crippen molar-refractivity contribution in [3.8, 4) is 0 Å². The second kappa shape index (κ2) is 7.11. The van der Waals surface area contributed by atoms with Crippen LogP contribution < -0.4 is 5.73 Å². The van der Waals surface area contributed by atoms with E-state index in [4.69, 9.17) is 10.7 Å². The number of aromatic nitrogens is 2. The minimum atomic E-state index is 0.596. The van der Waals surface area contributed by atoms with Crippen LogP contribution in [0.2, 0.25) is 0 Å². The summed E-state index contributed by atoms with van der Waals surface area (Å²) in [4.78, 5) is 9.15. The first kappa shape index (κ1) is 15.4. The molecule has 1 fully saturated rings. The quantitative estimate of drug-likeness (QED) is 0.770. The Morgan fingerprint density at radius 2 is 2.00 bits per heavy atom. The number of hydrogen-bond acceptors (Lipinski definition) is 4. The van der Waals surface area contributed by atoms with Gasteiger partial charge in [0.1, 0.15) is 11.6 Å². The average Bonchev–Trinajstić information content (AvgIpc) is 2.85. The van der Waals surface area contributed by atoms with Gasteiger partial charge in [-0.25, -0.2) is 9.97 Å². The van der Waals surface area contributed by atoms with Gasteiger partial charge in [-0.1, -0.05) is 26.7 Å². The summed E-state index contributed by atoms with van der Waals surface area (Å²) in [6, 6.07) is 0. The van der Waals surface area contributed by atoms with Gasteiger partial charge < -0.3 is 5.73 Å². The molecule has 1 aliphatic rings. The molecule has 1 saturated carbocycles. The summed E-state index contributed by atoms with van der Waals surface area (Å²) < 4.78 is 1.03. The Hall–Kier alpha value is -0.0400. The lowest BCUT2D eigenvalue weighted by Gasteiger charge is -2.12. The second-order valence-corrected chi connectivity index (χ2v) is 7.97. The van der Waals surface area contributed by atoms with E-state index in [1.165, 1.54) is 25.7 Å². The Morgan fingerprint density at radius 1 is 1.32 bits per heavy atom. The van der Waals surface area contributed by atoms with Gasteiger partial charge in [-0.15, -0.1) is 0 Å². The first-order valence-corrected chi connectivity index (χ1v) is 9.11. The zero-order valence-corrected chi connectivity index (χ0v) is 14.6. The fraction of sp³-hybridized carbons (Fsp3) is 0.714. The molecule has 5 heteroatoms. The van der Waals surface area contributed by atoms with Crippen molar-refractivity contribution in [2.45, 2.75) is 57.0 Å². The smallest absolute Gasteiger partial charge is 0.140 e. The minimum Gasteiger partial charge on any atom is -0.383 e. The van der Waals surface area contributed by atoms with Crippen molar-refractivity contribution < 1.29 is 0 Å². The highest BCUT2D eigenvalue weighted by Crippen LogP contribution is 2.31. The molecule has 106 valence electrons. The average molecular weight is 391 g/mol. The number of thioether (sulfide) groups is 1. The highest BCUT2D eigenvalue weighted by Gasteiger charge is 2.17. The van der Waals surface area contributed by atoms with E-state index in [9.17, 15) is 0 Å². The molecule has 0 radical (unpaired) electrons. The molecule has 0 aliphatic heterocycles. The second-order valence-electron chi connectivity index (χ2n) is 5.60. The third-order valence-corrected chi connectivity index (χ3v) is 5.89. The molecule has 2 N–H and O–H groups in total. The highest BCUT2D eigenvalue weighted by atomic mass is 127. The van der Waals surface area contributed by atoms with Gasteiger partial charge in [0.05, 0.1) is 15.0 Å². The Kier molecular flexibility index (Phi) is 5.74. The van der Waals surface area contributed by atoms with Gasteiger partial charge in [0.25, 0.3) is 0 Å². The van der Waals surface area contributed by atoms with Crippen molar-refractivity contribution in [1.29, 1.82) is 0 Å². The molecule has 0 saturated heterocycles. The molecule has 1 aliphatic carbocycles. The van der Waals surface area contributed by atoms with E-state index in [1.54, 1.807) is 0 Å². The monoisotopic (exact) mass is 391 g/mol. The van der Waals surface area contributed by atoms with Gasteiger partial charge in [0.2, 0.25) is 0 Å². The van der Waals surface area contributed by atoms with Crippen molar-refractivity contribution >= 4 is 40.2 Å². The third-order valence-electron chi connectivity index (χ3n) is 3.34. The van der Waals surface area contributed by atoms with Crippen molar-refractivity contribution in [1.82, 2.24) is 9.97 Å². The summed E-state index contributed by atoms with van der Waals surface area (Å²) in [6.45, 7) is 4.42. The molecule has 19 heavy (non-hydrogen) atoms. The highest BCUT2D eigenvalue weighted by molar-refractivity contribution is 14.1. The van der Waals surface area contributed by atoms with E-state index < -0.39 is 0 Å². The van der Waals surface area contributed by atoms with Crippen LogP contribution in [0.5, 0.6) is 0 Å². The molecule has 0 aromatic carbocycles. The topological polar surface area (TPSA) is 51.8 Å². The maximum atomic E-state index is 6.01. The Balaban J connectivity index is 2.05. The Bertz CT molecular complexity index is 431. The summed E-state index contributed by atoms with van der Waals surface area (Å²) in [7, 11) is 0. The summed E-state index contributed by atoms with van der Waals surface area (Å²) in [5, 5.41) is 0.803. The number of hydrogen-bond donors (Lipinski definition) is 1. The first-order valence-electron chi connectivity index (χ1n) is 6.98. The van der Waals surface area contributed by atoms with Gasteiger partial charge in [-0.05, 0) is 47.8 Å². The standard InChI is InChI=1S/C14H22IN3S/c1-9(2)7-11-13(15)14(16)18-12(17-11)8-19-10-5-3-4-6-10/h9-10H,3-8H2,1-2H3,(H2,16,17,18). The van der Waals surface area contributed by atoms with Crippen molar-refractivity contribution in [3.63, 3.8) is 0 Å². The fourth-order valence-corrected chi connectivity index (χ4v) is 4.04. The third kappa shape index (κ3) is 4.48. The molecular formula is C14H22IN3S. The number of rotatable bonds is 5. The Labute approximate surface area is 133 Å². The molecule has 0 unspecified atom stereocenters. The predicted octanol–water partition coefficient (Wildman–Crippen LogP) is 4.04. The Morgan fingerprint density at radius 3 is 2.63 bits per heavy atom. The predicted molar refractivity (Wildman–Crippen MR) is 91.3 cm³/mol. The number of halogens is 1. The minimum absolute atomic E-state index is 0.596.